The van der Waals surface area contributed by atoms with Gasteiger partial charge in [-0.3, -0.25) is 9.59 Å². The van der Waals surface area contributed by atoms with Crippen LogP contribution in [0, 0.1) is 19.8 Å². The highest BCUT2D eigenvalue weighted by atomic mass is 16.1. The van der Waals surface area contributed by atoms with Gasteiger partial charge in [-0.25, -0.2) is 0 Å². The molecule has 1 heterocycles. The molecule has 0 aliphatic heterocycles. The van der Waals surface area contributed by atoms with Crippen molar-refractivity contribution >= 4 is 16.8 Å². The average molecular weight is 300 g/mol. The summed E-state index contributed by atoms with van der Waals surface area (Å²) in [6, 6.07) is 6.01. The molecule has 0 radical (unpaired) electrons. The third-order valence-corrected chi connectivity index (χ3v) is 3.94. The fourth-order valence-corrected chi connectivity index (χ4v) is 2.54. The number of aromatic amines is 1. The van der Waals surface area contributed by atoms with Crippen molar-refractivity contribution in [1.29, 1.82) is 0 Å². The molecular weight excluding hydrogens is 276 g/mol. The molecule has 2 N–H and O–H groups in total. The van der Waals surface area contributed by atoms with Crippen LogP contribution in [0.2, 0.25) is 0 Å². The maximum Gasteiger partial charge on any atom is 0.251 e. The number of fused-ring (bicyclic) bond motifs is 1. The highest BCUT2D eigenvalue weighted by Crippen LogP contribution is 2.18. The van der Waals surface area contributed by atoms with Crippen LogP contribution >= 0.6 is 0 Å². The van der Waals surface area contributed by atoms with Crippen molar-refractivity contribution in [1.82, 2.24) is 10.3 Å². The maximum absolute atomic E-state index is 12.2. The molecule has 0 aliphatic rings. The highest BCUT2D eigenvalue weighted by Gasteiger charge is 2.08. The molecular formula is C18H24N2O2. The van der Waals surface area contributed by atoms with Gasteiger partial charge in [0.1, 0.15) is 0 Å². The molecule has 0 saturated heterocycles. The minimum atomic E-state index is -0.0701. The lowest BCUT2D eigenvalue weighted by Gasteiger charge is -2.09. The van der Waals surface area contributed by atoms with E-state index in [0.29, 0.717) is 30.9 Å². The molecule has 22 heavy (non-hydrogen) atoms. The van der Waals surface area contributed by atoms with E-state index in [9.17, 15) is 9.59 Å². The molecule has 0 bridgehead atoms. The van der Waals surface area contributed by atoms with Gasteiger partial charge in [0.05, 0.1) is 5.52 Å². The Hall–Kier alpha value is -2.10. The number of amides is 1. The van der Waals surface area contributed by atoms with Crippen LogP contribution in [0.4, 0.5) is 0 Å². The van der Waals surface area contributed by atoms with Gasteiger partial charge >= 0.3 is 0 Å². The zero-order valence-electron chi connectivity index (χ0n) is 13.7. The molecule has 118 valence electrons. The Morgan fingerprint density at radius 3 is 2.68 bits per heavy atom. The predicted molar refractivity (Wildman–Crippen MR) is 90.2 cm³/mol. The lowest BCUT2D eigenvalue weighted by molar-refractivity contribution is -0.121. The van der Waals surface area contributed by atoms with Crippen molar-refractivity contribution in [2.45, 2.75) is 40.5 Å². The normalized spacial score (nSPS) is 11.1. The standard InChI is InChI=1S/C18H24N2O2/c1-11(2)9-16(21)19-8-7-15-10-14-6-5-12(3)13(4)17(14)20-18(15)22/h5-6,10-11H,7-9H2,1-4H3,(H,19,21)(H,20,22). The van der Waals surface area contributed by atoms with Gasteiger partial charge in [0.25, 0.3) is 5.56 Å². The first kappa shape index (κ1) is 16.3. The quantitative estimate of drug-likeness (QED) is 0.892. The third-order valence-electron chi connectivity index (χ3n) is 3.94. The summed E-state index contributed by atoms with van der Waals surface area (Å²) >= 11 is 0. The minimum absolute atomic E-state index is 0.0405. The summed E-state index contributed by atoms with van der Waals surface area (Å²) in [7, 11) is 0. The van der Waals surface area contributed by atoms with Gasteiger partial charge in [-0.05, 0) is 48.8 Å². The number of aryl methyl sites for hydroxylation is 2. The predicted octanol–water partition coefficient (Wildman–Crippen LogP) is 2.85. The Morgan fingerprint density at radius 2 is 2.00 bits per heavy atom. The first-order chi connectivity index (χ1) is 10.4. The highest BCUT2D eigenvalue weighted by molar-refractivity contribution is 5.83. The van der Waals surface area contributed by atoms with Gasteiger partial charge in [-0.2, -0.15) is 0 Å². The van der Waals surface area contributed by atoms with E-state index in [2.05, 4.69) is 16.4 Å². The van der Waals surface area contributed by atoms with Crippen LogP contribution < -0.4 is 10.9 Å². The lowest BCUT2D eigenvalue weighted by atomic mass is 10.0. The van der Waals surface area contributed by atoms with Crippen molar-refractivity contribution in [3.05, 3.63) is 45.2 Å². The van der Waals surface area contributed by atoms with Crippen molar-refractivity contribution in [3.63, 3.8) is 0 Å². The number of H-pyrrole nitrogens is 1. The van der Waals surface area contributed by atoms with Crippen LogP contribution in [0.15, 0.2) is 23.0 Å². The molecule has 0 aliphatic carbocycles. The summed E-state index contributed by atoms with van der Waals surface area (Å²) in [5.41, 5.74) is 3.81. The molecule has 0 fully saturated rings. The first-order valence-electron chi connectivity index (χ1n) is 7.77. The van der Waals surface area contributed by atoms with Gasteiger partial charge in [0, 0.05) is 18.5 Å². The zero-order chi connectivity index (χ0) is 16.3. The minimum Gasteiger partial charge on any atom is -0.356 e. The Bertz CT molecular complexity index is 745. The van der Waals surface area contributed by atoms with Gasteiger partial charge in [0.2, 0.25) is 5.91 Å². The molecule has 0 saturated carbocycles. The molecule has 0 unspecified atom stereocenters. The molecule has 1 aromatic carbocycles. The van der Waals surface area contributed by atoms with E-state index >= 15 is 0 Å². The lowest BCUT2D eigenvalue weighted by Crippen LogP contribution is -2.28. The van der Waals surface area contributed by atoms with E-state index in [1.54, 1.807) is 0 Å². The topological polar surface area (TPSA) is 62.0 Å². The summed E-state index contributed by atoms with van der Waals surface area (Å²) < 4.78 is 0. The Morgan fingerprint density at radius 1 is 1.27 bits per heavy atom. The van der Waals surface area contributed by atoms with E-state index in [-0.39, 0.29) is 11.5 Å². The Labute approximate surface area is 130 Å². The third kappa shape index (κ3) is 3.75. The summed E-state index contributed by atoms with van der Waals surface area (Å²) in [6.45, 7) is 8.56. The van der Waals surface area contributed by atoms with Crippen molar-refractivity contribution in [2.75, 3.05) is 6.54 Å². The van der Waals surface area contributed by atoms with E-state index < -0.39 is 0 Å². The number of hydrogen-bond acceptors (Lipinski definition) is 2. The summed E-state index contributed by atoms with van der Waals surface area (Å²) in [5.74, 6) is 0.383. The number of hydrogen-bond donors (Lipinski definition) is 2. The molecule has 4 nitrogen and oxygen atoms in total. The number of carbonyl (C=O) groups excluding carboxylic acids is 1. The van der Waals surface area contributed by atoms with Crippen LogP contribution in [0.5, 0.6) is 0 Å². The Balaban J connectivity index is 2.12. The van der Waals surface area contributed by atoms with Crippen LogP contribution in [0.1, 0.15) is 37.0 Å². The van der Waals surface area contributed by atoms with Crippen LogP contribution in [-0.4, -0.2) is 17.4 Å². The fraction of sp³-hybridized carbons (Fsp3) is 0.444. The number of aromatic nitrogens is 1. The second-order valence-corrected chi connectivity index (χ2v) is 6.29. The van der Waals surface area contributed by atoms with E-state index in [1.165, 1.54) is 0 Å². The fourth-order valence-electron chi connectivity index (χ4n) is 2.54. The molecule has 0 spiro atoms. The van der Waals surface area contributed by atoms with Crippen molar-refractivity contribution in [2.24, 2.45) is 5.92 Å². The summed E-state index contributed by atoms with van der Waals surface area (Å²) in [6.07, 6.45) is 1.06. The smallest absolute Gasteiger partial charge is 0.251 e. The maximum atomic E-state index is 12.2. The van der Waals surface area contributed by atoms with E-state index in [4.69, 9.17) is 0 Å². The summed E-state index contributed by atoms with van der Waals surface area (Å²) in [5, 5.41) is 3.90. The number of benzene rings is 1. The zero-order valence-corrected chi connectivity index (χ0v) is 13.7. The van der Waals surface area contributed by atoms with Crippen LogP contribution in [0.3, 0.4) is 0 Å². The molecule has 0 atom stereocenters. The number of nitrogens with one attached hydrogen (secondary N) is 2. The van der Waals surface area contributed by atoms with Gasteiger partial charge in [-0.1, -0.05) is 26.0 Å². The number of carbonyl (C=O) groups is 1. The summed E-state index contributed by atoms with van der Waals surface area (Å²) in [4.78, 5) is 26.8. The molecule has 2 aromatic rings. The van der Waals surface area contributed by atoms with Crippen LogP contribution in [-0.2, 0) is 11.2 Å². The van der Waals surface area contributed by atoms with Crippen LogP contribution in [0.25, 0.3) is 10.9 Å². The number of rotatable bonds is 5. The SMILES string of the molecule is Cc1ccc2cc(CCNC(=O)CC(C)C)c(=O)[nH]c2c1C. The Kier molecular flexibility index (Phi) is 5.01. The largest absolute Gasteiger partial charge is 0.356 e. The van der Waals surface area contributed by atoms with Crippen molar-refractivity contribution in [3.8, 4) is 0 Å². The van der Waals surface area contributed by atoms with Gasteiger partial charge < -0.3 is 10.3 Å². The monoisotopic (exact) mass is 300 g/mol. The molecule has 1 aromatic heterocycles. The second-order valence-electron chi connectivity index (χ2n) is 6.29. The number of pyridine rings is 1. The molecule has 1 amide bonds. The second kappa shape index (κ2) is 6.77. The molecule has 4 heteroatoms. The van der Waals surface area contributed by atoms with Crippen molar-refractivity contribution < 1.29 is 4.79 Å². The van der Waals surface area contributed by atoms with Gasteiger partial charge in [-0.15, -0.1) is 0 Å². The average Bonchev–Trinajstić information content (AvgIpc) is 2.44. The van der Waals surface area contributed by atoms with Gasteiger partial charge in [0.15, 0.2) is 0 Å². The first-order valence-corrected chi connectivity index (χ1v) is 7.77. The van der Waals surface area contributed by atoms with E-state index in [1.807, 2.05) is 39.8 Å². The van der Waals surface area contributed by atoms with E-state index in [0.717, 1.165) is 22.0 Å². The molecule has 2 rings (SSSR count).